The summed E-state index contributed by atoms with van der Waals surface area (Å²) in [5.41, 5.74) is -1.92. The lowest BCUT2D eigenvalue weighted by Gasteiger charge is -2.18. The Hall–Kier alpha value is -1.14. The predicted octanol–water partition coefficient (Wildman–Crippen LogP) is -1.06. The fraction of sp³-hybridized carbons (Fsp3) is 0.778. The lowest BCUT2D eigenvalue weighted by Crippen LogP contribution is -2.48. The first kappa shape index (κ1) is 13.9. The fourth-order valence-electron chi connectivity index (χ4n) is 0.788. The van der Waals surface area contributed by atoms with Gasteiger partial charge in [-0.2, -0.15) is 0 Å². The van der Waals surface area contributed by atoms with Gasteiger partial charge in [0, 0.05) is 0 Å². The summed E-state index contributed by atoms with van der Waals surface area (Å²) >= 11 is 0. The minimum atomic E-state index is -1.92. The van der Waals surface area contributed by atoms with Crippen molar-refractivity contribution in [1.82, 2.24) is 10.6 Å². The second-order valence-corrected chi connectivity index (χ2v) is 3.53. The van der Waals surface area contributed by atoms with Crippen LogP contribution < -0.4 is 10.6 Å². The molecule has 0 aromatic heterocycles. The van der Waals surface area contributed by atoms with E-state index in [9.17, 15) is 14.7 Å². The van der Waals surface area contributed by atoms with Crippen LogP contribution in [0.25, 0.3) is 0 Å². The van der Waals surface area contributed by atoms with Crippen LogP contribution in [0.1, 0.15) is 20.3 Å². The lowest BCUT2D eigenvalue weighted by atomic mass is 10.1. The number of carboxylic acid groups (broad SMARTS) is 1. The van der Waals surface area contributed by atoms with Crippen molar-refractivity contribution in [3.05, 3.63) is 0 Å². The second kappa shape index (κ2) is 6.36. The van der Waals surface area contributed by atoms with E-state index in [4.69, 9.17) is 5.11 Å². The van der Waals surface area contributed by atoms with Gasteiger partial charge in [0.15, 0.2) is 5.60 Å². The monoisotopic (exact) mass is 218 g/mol. The third-order valence-corrected chi connectivity index (χ3v) is 1.80. The first-order valence-electron chi connectivity index (χ1n) is 4.83. The Morgan fingerprint density at radius 3 is 2.47 bits per heavy atom. The van der Waals surface area contributed by atoms with Crippen LogP contribution >= 0.6 is 0 Å². The molecule has 0 saturated carbocycles. The number of nitrogens with one attached hydrogen (secondary N) is 2. The molecule has 6 heteroatoms. The molecule has 0 fully saturated rings. The van der Waals surface area contributed by atoms with Crippen molar-refractivity contribution in [3.8, 4) is 0 Å². The molecule has 6 nitrogen and oxygen atoms in total. The topological polar surface area (TPSA) is 98.7 Å². The molecule has 0 aliphatic carbocycles. The molecule has 1 amide bonds. The van der Waals surface area contributed by atoms with Gasteiger partial charge in [0.05, 0.1) is 13.1 Å². The van der Waals surface area contributed by atoms with Crippen LogP contribution in [0.5, 0.6) is 0 Å². The summed E-state index contributed by atoms with van der Waals surface area (Å²) in [7, 11) is 0. The second-order valence-electron chi connectivity index (χ2n) is 3.53. The molecule has 1 atom stereocenters. The maximum atomic E-state index is 11.1. The first-order valence-corrected chi connectivity index (χ1v) is 4.83. The molecule has 0 heterocycles. The number of aliphatic carboxylic acids is 1. The van der Waals surface area contributed by atoms with Gasteiger partial charge in [-0.25, -0.2) is 4.79 Å². The van der Waals surface area contributed by atoms with E-state index in [1.165, 1.54) is 0 Å². The minimum absolute atomic E-state index is 0.129. The van der Waals surface area contributed by atoms with Crippen molar-refractivity contribution < 1.29 is 19.8 Å². The van der Waals surface area contributed by atoms with Crippen molar-refractivity contribution >= 4 is 11.9 Å². The summed E-state index contributed by atoms with van der Waals surface area (Å²) in [5, 5.41) is 23.0. The summed E-state index contributed by atoms with van der Waals surface area (Å²) in [6.07, 6.45) is 0.917. The molecule has 0 aromatic carbocycles. The van der Waals surface area contributed by atoms with Crippen LogP contribution in [0, 0.1) is 0 Å². The number of carbonyl (C=O) groups excluding carboxylic acids is 1. The fourth-order valence-corrected chi connectivity index (χ4v) is 0.788. The normalized spacial score (nSPS) is 14.3. The molecule has 0 aromatic rings. The summed E-state index contributed by atoms with van der Waals surface area (Å²) in [6.45, 7) is 3.66. The van der Waals surface area contributed by atoms with E-state index in [0.29, 0.717) is 0 Å². The lowest BCUT2D eigenvalue weighted by molar-refractivity contribution is -0.156. The highest BCUT2D eigenvalue weighted by molar-refractivity contribution is 5.81. The van der Waals surface area contributed by atoms with E-state index in [0.717, 1.165) is 19.9 Å². The maximum Gasteiger partial charge on any atom is 0.337 e. The quantitative estimate of drug-likeness (QED) is 0.408. The van der Waals surface area contributed by atoms with E-state index in [1.54, 1.807) is 0 Å². The van der Waals surface area contributed by atoms with E-state index in [-0.39, 0.29) is 19.0 Å². The summed E-state index contributed by atoms with van der Waals surface area (Å²) in [4.78, 5) is 21.6. The number of rotatable bonds is 7. The van der Waals surface area contributed by atoms with Crippen molar-refractivity contribution in [2.24, 2.45) is 0 Å². The largest absolute Gasteiger partial charge is 0.479 e. The highest BCUT2D eigenvalue weighted by atomic mass is 16.4. The molecular formula is C9H18N2O4. The van der Waals surface area contributed by atoms with Crippen molar-refractivity contribution in [3.63, 3.8) is 0 Å². The third kappa shape index (κ3) is 6.03. The predicted molar refractivity (Wildman–Crippen MR) is 54.4 cm³/mol. The number of carbonyl (C=O) groups is 2. The standard InChI is InChI=1S/C9H18N2O4/c1-3-4-10-5-7(12)11-6-9(2,15)8(13)14/h10,15H,3-6H2,1-2H3,(H,11,12)(H,13,14). The highest BCUT2D eigenvalue weighted by Crippen LogP contribution is 2.00. The minimum Gasteiger partial charge on any atom is -0.479 e. The van der Waals surface area contributed by atoms with Gasteiger partial charge in [0.25, 0.3) is 0 Å². The molecule has 0 rings (SSSR count). The molecular weight excluding hydrogens is 200 g/mol. The number of hydrogen-bond donors (Lipinski definition) is 4. The van der Waals surface area contributed by atoms with Gasteiger partial charge in [0.1, 0.15) is 0 Å². The molecule has 0 aliphatic heterocycles. The van der Waals surface area contributed by atoms with Crippen molar-refractivity contribution in [2.75, 3.05) is 19.6 Å². The van der Waals surface area contributed by atoms with Crippen LogP contribution in [0.2, 0.25) is 0 Å². The zero-order valence-electron chi connectivity index (χ0n) is 9.04. The number of amides is 1. The Balaban J connectivity index is 3.75. The number of carboxylic acids is 1. The first-order chi connectivity index (χ1) is 6.90. The van der Waals surface area contributed by atoms with Crippen molar-refractivity contribution in [2.45, 2.75) is 25.9 Å². The number of aliphatic hydroxyl groups is 1. The Morgan fingerprint density at radius 2 is 2.00 bits per heavy atom. The molecule has 88 valence electrons. The molecule has 0 aliphatic rings. The van der Waals surface area contributed by atoms with Gasteiger partial charge in [-0.15, -0.1) is 0 Å². The Labute approximate surface area is 88.7 Å². The van der Waals surface area contributed by atoms with Gasteiger partial charge in [-0.1, -0.05) is 6.92 Å². The Bertz CT molecular complexity index is 228. The Kier molecular flexibility index (Phi) is 5.88. The highest BCUT2D eigenvalue weighted by Gasteiger charge is 2.29. The maximum absolute atomic E-state index is 11.1. The molecule has 1 unspecified atom stereocenters. The summed E-state index contributed by atoms with van der Waals surface area (Å²) in [5.74, 6) is -1.69. The van der Waals surface area contributed by atoms with Crippen LogP contribution in [-0.4, -0.2) is 47.3 Å². The van der Waals surface area contributed by atoms with Crippen molar-refractivity contribution in [1.29, 1.82) is 0 Å². The van der Waals surface area contributed by atoms with Crippen LogP contribution in [-0.2, 0) is 9.59 Å². The SMILES string of the molecule is CCCNCC(=O)NCC(C)(O)C(=O)O. The average molecular weight is 218 g/mol. The summed E-state index contributed by atoms with van der Waals surface area (Å²) in [6, 6.07) is 0. The molecule has 0 spiro atoms. The van der Waals surface area contributed by atoms with Gasteiger partial charge in [0.2, 0.25) is 5.91 Å². The van der Waals surface area contributed by atoms with Crippen LogP contribution in [0.15, 0.2) is 0 Å². The Morgan fingerprint density at radius 1 is 1.40 bits per heavy atom. The number of hydrogen-bond acceptors (Lipinski definition) is 4. The molecule has 0 saturated heterocycles. The zero-order valence-corrected chi connectivity index (χ0v) is 9.04. The smallest absolute Gasteiger partial charge is 0.337 e. The van der Waals surface area contributed by atoms with Crippen LogP contribution in [0.4, 0.5) is 0 Å². The van der Waals surface area contributed by atoms with E-state index >= 15 is 0 Å². The van der Waals surface area contributed by atoms with E-state index in [1.807, 2.05) is 6.92 Å². The van der Waals surface area contributed by atoms with E-state index < -0.39 is 11.6 Å². The van der Waals surface area contributed by atoms with Gasteiger partial charge < -0.3 is 20.8 Å². The average Bonchev–Trinajstić information content (AvgIpc) is 2.15. The summed E-state index contributed by atoms with van der Waals surface area (Å²) < 4.78 is 0. The third-order valence-electron chi connectivity index (χ3n) is 1.80. The van der Waals surface area contributed by atoms with E-state index in [2.05, 4.69) is 10.6 Å². The zero-order chi connectivity index (χ0) is 11.9. The molecule has 0 bridgehead atoms. The molecule has 15 heavy (non-hydrogen) atoms. The van der Waals surface area contributed by atoms with Gasteiger partial charge in [-0.05, 0) is 19.9 Å². The molecule has 4 N–H and O–H groups in total. The van der Waals surface area contributed by atoms with Crippen LogP contribution in [0.3, 0.4) is 0 Å². The van der Waals surface area contributed by atoms with Gasteiger partial charge >= 0.3 is 5.97 Å². The molecule has 0 radical (unpaired) electrons. The van der Waals surface area contributed by atoms with Gasteiger partial charge in [-0.3, -0.25) is 4.79 Å².